The summed E-state index contributed by atoms with van der Waals surface area (Å²) >= 11 is 0. The lowest BCUT2D eigenvalue weighted by Crippen LogP contribution is -2.41. The van der Waals surface area contributed by atoms with Crippen LogP contribution in [-0.2, 0) is 0 Å². The van der Waals surface area contributed by atoms with Crippen molar-refractivity contribution >= 4 is 29.9 Å². The molecule has 1 atom stereocenters. The zero-order valence-electron chi connectivity index (χ0n) is 14.8. The summed E-state index contributed by atoms with van der Waals surface area (Å²) in [6.07, 6.45) is 0.833. The Morgan fingerprint density at radius 2 is 1.79 bits per heavy atom. The van der Waals surface area contributed by atoms with Gasteiger partial charge >= 0.3 is 6.18 Å². The van der Waals surface area contributed by atoms with Crippen molar-refractivity contribution in [3.63, 3.8) is 0 Å². The number of alkyl halides is 3. The first kappa shape index (κ1) is 23.8. The second kappa shape index (κ2) is 13.0. The fourth-order valence-electron chi connectivity index (χ4n) is 2.86. The third kappa shape index (κ3) is 11.3. The number of piperidine rings is 1. The van der Waals surface area contributed by atoms with Crippen LogP contribution in [0, 0.1) is 0 Å². The van der Waals surface area contributed by atoms with Gasteiger partial charge in [0.05, 0.1) is 0 Å². The molecule has 0 aliphatic carbocycles. The van der Waals surface area contributed by atoms with Crippen LogP contribution < -0.4 is 10.6 Å². The topological polar surface area (TPSA) is 39.7 Å². The predicted molar refractivity (Wildman–Crippen MR) is 104 cm³/mol. The van der Waals surface area contributed by atoms with Crippen molar-refractivity contribution in [2.45, 2.75) is 64.1 Å². The fourth-order valence-corrected chi connectivity index (χ4v) is 2.86. The first-order valence-electron chi connectivity index (χ1n) is 8.67. The highest BCUT2D eigenvalue weighted by molar-refractivity contribution is 14.0. The largest absolute Gasteiger partial charge is 0.389 e. The lowest BCUT2D eigenvalue weighted by molar-refractivity contribution is -0.135. The third-order valence-corrected chi connectivity index (χ3v) is 4.26. The van der Waals surface area contributed by atoms with Crippen molar-refractivity contribution < 1.29 is 13.2 Å². The summed E-state index contributed by atoms with van der Waals surface area (Å²) in [6, 6.07) is 0.676. The number of unbranched alkanes of at least 4 members (excludes halogenated alkanes) is 1. The number of halogens is 4. The number of aliphatic imine (C=N–C) groups is 1. The molecule has 0 aromatic carbocycles. The molecule has 4 nitrogen and oxygen atoms in total. The predicted octanol–water partition coefficient (Wildman–Crippen LogP) is 3.77. The lowest BCUT2D eigenvalue weighted by atomic mass is 10.0. The second-order valence-electron chi connectivity index (χ2n) is 6.23. The summed E-state index contributed by atoms with van der Waals surface area (Å²) < 4.78 is 36.1. The van der Waals surface area contributed by atoms with Gasteiger partial charge in [0, 0.05) is 39.1 Å². The van der Waals surface area contributed by atoms with E-state index in [1.54, 1.807) is 7.05 Å². The number of guanidine groups is 1. The minimum Gasteiger partial charge on any atom is -0.356 e. The van der Waals surface area contributed by atoms with E-state index < -0.39 is 12.6 Å². The van der Waals surface area contributed by atoms with E-state index in [2.05, 4.69) is 27.4 Å². The first-order chi connectivity index (χ1) is 10.9. The SMILES string of the molecule is CN=C(NCCCCC(F)(F)F)NCCCN1CCCCC1C.I. The van der Waals surface area contributed by atoms with Crippen molar-refractivity contribution in [1.29, 1.82) is 0 Å². The van der Waals surface area contributed by atoms with Crippen molar-refractivity contribution in [1.82, 2.24) is 15.5 Å². The molecule has 144 valence electrons. The number of hydrogen-bond acceptors (Lipinski definition) is 2. The molecule has 0 saturated carbocycles. The quantitative estimate of drug-likeness (QED) is 0.249. The maximum Gasteiger partial charge on any atom is 0.389 e. The molecule has 0 aromatic heterocycles. The molecule has 1 aliphatic heterocycles. The Morgan fingerprint density at radius 3 is 2.38 bits per heavy atom. The lowest BCUT2D eigenvalue weighted by Gasteiger charge is -2.33. The van der Waals surface area contributed by atoms with Crippen molar-refractivity contribution in [3.05, 3.63) is 0 Å². The van der Waals surface area contributed by atoms with E-state index in [1.165, 1.54) is 25.8 Å². The minimum absolute atomic E-state index is 0. The highest BCUT2D eigenvalue weighted by Gasteiger charge is 2.25. The average Bonchev–Trinajstić information content (AvgIpc) is 2.49. The molecule has 1 unspecified atom stereocenters. The van der Waals surface area contributed by atoms with Gasteiger partial charge in [0.15, 0.2) is 5.96 Å². The Labute approximate surface area is 161 Å². The van der Waals surface area contributed by atoms with Crippen LogP contribution in [0.2, 0.25) is 0 Å². The van der Waals surface area contributed by atoms with E-state index in [9.17, 15) is 13.2 Å². The van der Waals surface area contributed by atoms with Crippen molar-refractivity contribution in [3.8, 4) is 0 Å². The molecular weight excluding hydrogens is 432 g/mol. The van der Waals surface area contributed by atoms with Gasteiger partial charge in [0.2, 0.25) is 0 Å². The van der Waals surface area contributed by atoms with Crippen LogP contribution in [0.3, 0.4) is 0 Å². The highest BCUT2D eigenvalue weighted by atomic mass is 127. The average molecular weight is 464 g/mol. The Bertz CT molecular complexity index is 351. The van der Waals surface area contributed by atoms with Gasteiger partial charge in [0.25, 0.3) is 0 Å². The van der Waals surface area contributed by atoms with Gasteiger partial charge in [-0.1, -0.05) is 6.42 Å². The summed E-state index contributed by atoms with van der Waals surface area (Å²) in [7, 11) is 1.68. The molecule has 1 aliphatic rings. The minimum atomic E-state index is -4.05. The Balaban J connectivity index is 0.00000529. The molecule has 1 heterocycles. The number of nitrogens with zero attached hydrogens (tertiary/aromatic N) is 2. The molecule has 0 aromatic rings. The van der Waals surface area contributed by atoms with Crippen LogP contribution in [0.4, 0.5) is 13.2 Å². The van der Waals surface area contributed by atoms with E-state index in [0.717, 1.165) is 19.5 Å². The van der Waals surface area contributed by atoms with Crippen LogP contribution >= 0.6 is 24.0 Å². The maximum atomic E-state index is 12.0. The van der Waals surface area contributed by atoms with E-state index >= 15 is 0 Å². The molecule has 8 heteroatoms. The van der Waals surface area contributed by atoms with E-state index in [0.29, 0.717) is 25.0 Å². The molecule has 0 bridgehead atoms. The van der Waals surface area contributed by atoms with E-state index in [1.807, 2.05) is 0 Å². The Morgan fingerprint density at radius 1 is 1.12 bits per heavy atom. The van der Waals surface area contributed by atoms with Crippen LogP contribution in [0.1, 0.15) is 51.9 Å². The van der Waals surface area contributed by atoms with Crippen LogP contribution in [0.5, 0.6) is 0 Å². The first-order valence-corrected chi connectivity index (χ1v) is 8.67. The molecule has 0 radical (unpaired) electrons. The smallest absolute Gasteiger partial charge is 0.356 e. The maximum absolute atomic E-state index is 12.0. The van der Waals surface area contributed by atoms with Crippen molar-refractivity contribution in [2.75, 3.05) is 33.2 Å². The van der Waals surface area contributed by atoms with Crippen LogP contribution in [0.15, 0.2) is 4.99 Å². The molecule has 24 heavy (non-hydrogen) atoms. The van der Waals surface area contributed by atoms with Crippen LogP contribution in [-0.4, -0.2) is 56.3 Å². The molecule has 1 saturated heterocycles. The van der Waals surface area contributed by atoms with Crippen LogP contribution in [0.25, 0.3) is 0 Å². The standard InChI is InChI=1S/C16H31F3N4.HI/c1-14-8-3-6-12-23(14)13-7-11-22-15(20-2)21-10-5-4-9-16(17,18)19;/h14H,3-13H2,1-2H3,(H2,20,21,22);1H. The van der Waals surface area contributed by atoms with Gasteiger partial charge in [-0.3, -0.25) is 4.99 Å². The summed E-state index contributed by atoms with van der Waals surface area (Å²) in [5.74, 6) is 0.670. The highest BCUT2D eigenvalue weighted by Crippen LogP contribution is 2.21. The zero-order chi connectivity index (χ0) is 17.1. The molecule has 0 amide bonds. The number of likely N-dealkylation sites (tertiary alicyclic amines) is 1. The van der Waals surface area contributed by atoms with Gasteiger partial charge in [-0.15, -0.1) is 24.0 Å². The van der Waals surface area contributed by atoms with Gasteiger partial charge in [-0.25, -0.2) is 0 Å². The summed E-state index contributed by atoms with van der Waals surface area (Å²) in [5.41, 5.74) is 0. The summed E-state index contributed by atoms with van der Waals surface area (Å²) in [4.78, 5) is 6.62. The van der Waals surface area contributed by atoms with E-state index in [4.69, 9.17) is 0 Å². The zero-order valence-corrected chi connectivity index (χ0v) is 17.1. The number of hydrogen-bond donors (Lipinski definition) is 2. The monoisotopic (exact) mass is 464 g/mol. The van der Waals surface area contributed by atoms with Gasteiger partial charge in [-0.2, -0.15) is 13.2 Å². The Hall–Kier alpha value is -0.250. The molecule has 1 fully saturated rings. The number of nitrogens with one attached hydrogen (secondary N) is 2. The van der Waals surface area contributed by atoms with E-state index in [-0.39, 0.29) is 30.4 Å². The molecular formula is C16H32F3IN4. The summed E-state index contributed by atoms with van der Waals surface area (Å²) in [6.45, 7) is 5.89. The number of rotatable bonds is 8. The molecule has 2 N–H and O–H groups in total. The molecule has 0 spiro atoms. The molecule has 1 rings (SSSR count). The Kier molecular flexibility index (Phi) is 12.9. The van der Waals surface area contributed by atoms with Gasteiger partial charge in [-0.05, 0) is 45.6 Å². The normalized spacial score (nSPS) is 19.7. The van der Waals surface area contributed by atoms with Crippen molar-refractivity contribution in [2.24, 2.45) is 4.99 Å². The second-order valence-corrected chi connectivity index (χ2v) is 6.23. The van der Waals surface area contributed by atoms with Gasteiger partial charge in [0.1, 0.15) is 0 Å². The fraction of sp³-hybridized carbons (Fsp3) is 0.938. The third-order valence-electron chi connectivity index (χ3n) is 4.26. The summed E-state index contributed by atoms with van der Waals surface area (Å²) in [5, 5.41) is 6.28. The van der Waals surface area contributed by atoms with Gasteiger partial charge < -0.3 is 15.5 Å².